The van der Waals surface area contributed by atoms with E-state index >= 15 is 4.39 Å². The zero-order valence-corrected chi connectivity index (χ0v) is 16.6. The van der Waals surface area contributed by atoms with Crippen molar-refractivity contribution in [2.24, 2.45) is 5.92 Å². The van der Waals surface area contributed by atoms with E-state index in [1.807, 2.05) is 0 Å². The maximum Gasteiger partial charge on any atom is 0.341 e. The zero-order chi connectivity index (χ0) is 21.9. The van der Waals surface area contributed by atoms with Gasteiger partial charge in [-0.2, -0.15) is 0 Å². The van der Waals surface area contributed by atoms with Crippen molar-refractivity contribution in [1.29, 1.82) is 0 Å². The van der Waals surface area contributed by atoms with Gasteiger partial charge in [-0.15, -0.1) is 0 Å². The molecule has 10 heteroatoms. The molecule has 3 aliphatic rings. The van der Waals surface area contributed by atoms with Crippen molar-refractivity contribution >= 4 is 22.6 Å². The Labute approximate surface area is 175 Å². The molecule has 5 rings (SSSR count). The highest BCUT2D eigenvalue weighted by Gasteiger charge is 2.38. The number of hydrogen-bond donors (Lipinski definition) is 2. The maximum absolute atomic E-state index is 15.2. The first-order valence-corrected chi connectivity index (χ1v) is 10.3. The number of anilines is 1. The molecular formula is C21H22F3N3O4. The van der Waals surface area contributed by atoms with Crippen LogP contribution in [0.1, 0.15) is 29.2 Å². The summed E-state index contributed by atoms with van der Waals surface area (Å²) in [6.45, 7) is -0.279. The van der Waals surface area contributed by atoms with Gasteiger partial charge in [-0.25, -0.2) is 18.0 Å². The molecule has 3 atom stereocenters. The van der Waals surface area contributed by atoms with Crippen molar-refractivity contribution < 1.29 is 27.8 Å². The molecule has 3 heterocycles. The third kappa shape index (κ3) is 3.33. The highest BCUT2D eigenvalue weighted by Crippen LogP contribution is 2.43. The molecule has 2 aromatic rings. The number of hydrogen-bond acceptors (Lipinski definition) is 5. The lowest BCUT2D eigenvalue weighted by Crippen LogP contribution is -2.32. The van der Waals surface area contributed by atoms with Crippen LogP contribution in [0.15, 0.2) is 17.1 Å². The van der Waals surface area contributed by atoms with Gasteiger partial charge in [0.15, 0.2) is 11.6 Å². The molecule has 1 aliphatic carbocycles. The van der Waals surface area contributed by atoms with Crippen LogP contribution in [0.4, 0.5) is 18.9 Å². The summed E-state index contributed by atoms with van der Waals surface area (Å²) < 4.78 is 50.5. The number of benzene rings is 1. The van der Waals surface area contributed by atoms with Crippen molar-refractivity contribution in [3.05, 3.63) is 33.9 Å². The van der Waals surface area contributed by atoms with Gasteiger partial charge in [-0.05, 0) is 18.9 Å². The summed E-state index contributed by atoms with van der Waals surface area (Å²) in [6, 6.07) is 0.528. The molecule has 2 fully saturated rings. The van der Waals surface area contributed by atoms with E-state index < -0.39 is 41.7 Å². The van der Waals surface area contributed by atoms with Gasteiger partial charge in [0.05, 0.1) is 16.9 Å². The van der Waals surface area contributed by atoms with Crippen LogP contribution in [0.25, 0.3) is 10.9 Å². The van der Waals surface area contributed by atoms with E-state index in [4.69, 9.17) is 4.74 Å². The van der Waals surface area contributed by atoms with Gasteiger partial charge in [0, 0.05) is 37.8 Å². The van der Waals surface area contributed by atoms with Crippen LogP contribution in [0, 0.1) is 11.7 Å². The minimum absolute atomic E-state index is 0.0248. The first kappa shape index (κ1) is 20.2. The van der Waals surface area contributed by atoms with E-state index in [2.05, 4.69) is 5.32 Å². The summed E-state index contributed by atoms with van der Waals surface area (Å²) in [5.74, 6) is -2.56. The highest BCUT2D eigenvalue weighted by molar-refractivity contribution is 5.97. The molecule has 0 spiro atoms. The van der Waals surface area contributed by atoms with Crippen LogP contribution in [0.3, 0.4) is 0 Å². The second-order valence-corrected chi connectivity index (χ2v) is 8.50. The van der Waals surface area contributed by atoms with Crippen molar-refractivity contribution in [3.63, 3.8) is 0 Å². The van der Waals surface area contributed by atoms with E-state index in [0.717, 1.165) is 25.1 Å². The number of pyridine rings is 1. The van der Waals surface area contributed by atoms with Crippen LogP contribution in [-0.4, -0.2) is 60.8 Å². The van der Waals surface area contributed by atoms with E-state index in [1.54, 1.807) is 4.90 Å². The summed E-state index contributed by atoms with van der Waals surface area (Å²) in [5.41, 5.74) is -1.28. The number of carbonyl (C=O) groups is 1. The van der Waals surface area contributed by atoms with Crippen LogP contribution in [-0.2, 0) is 0 Å². The van der Waals surface area contributed by atoms with Crippen molar-refractivity contribution in [2.45, 2.75) is 31.1 Å². The molecule has 1 saturated heterocycles. The Morgan fingerprint density at radius 2 is 2.10 bits per heavy atom. The van der Waals surface area contributed by atoms with Crippen LogP contribution in [0.5, 0.6) is 5.75 Å². The van der Waals surface area contributed by atoms with Crippen LogP contribution < -0.4 is 20.4 Å². The third-order valence-corrected chi connectivity index (χ3v) is 6.34. The Morgan fingerprint density at radius 1 is 1.32 bits per heavy atom. The summed E-state index contributed by atoms with van der Waals surface area (Å²) in [6.07, 6.45) is 2.08. The maximum atomic E-state index is 15.2. The number of aromatic nitrogens is 1. The number of carboxylic acids is 1. The topological polar surface area (TPSA) is 83.8 Å². The van der Waals surface area contributed by atoms with Crippen molar-refractivity contribution in [2.75, 3.05) is 37.8 Å². The molecular weight excluding hydrogens is 415 g/mol. The third-order valence-electron chi connectivity index (χ3n) is 6.34. The number of alkyl halides is 2. The average molecular weight is 437 g/mol. The molecule has 0 bridgehead atoms. The molecule has 31 heavy (non-hydrogen) atoms. The minimum Gasteiger partial charge on any atom is -0.487 e. The molecule has 7 nitrogen and oxygen atoms in total. The smallest absolute Gasteiger partial charge is 0.341 e. The standard InChI is InChI=1S/C21H22F3N3O4/c22-4-12-9-31-20-17-13(19(28)14(21(29)30)7-27(12)17)3-15(23)18(20)26-6-10(16(24)8-26)5-25-11-1-2-11/h3,7,10-12,16,25H,1-2,4-6,8-9H2,(H,29,30)/t10-,12?,16+/m0/s1. The Bertz CT molecular complexity index is 1120. The number of ether oxygens (including phenoxy) is 1. The fourth-order valence-electron chi connectivity index (χ4n) is 4.51. The van der Waals surface area contributed by atoms with E-state index in [9.17, 15) is 23.5 Å². The molecule has 1 aromatic heterocycles. The largest absolute Gasteiger partial charge is 0.487 e. The first-order chi connectivity index (χ1) is 14.9. The van der Waals surface area contributed by atoms with Crippen LogP contribution >= 0.6 is 0 Å². The van der Waals surface area contributed by atoms with E-state index in [-0.39, 0.29) is 48.0 Å². The van der Waals surface area contributed by atoms with Gasteiger partial charge in [0.1, 0.15) is 30.7 Å². The second-order valence-electron chi connectivity index (χ2n) is 8.50. The highest BCUT2D eigenvalue weighted by atomic mass is 19.1. The Hall–Kier alpha value is -2.75. The lowest BCUT2D eigenvalue weighted by Gasteiger charge is -2.31. The van der Waals surface area contributed by atoms with Crippen LogP contribution in [0.2, 0.25) is 0 Å². The molecule has 2 N–H and O–H groups in total. The minimum atomic E-state index is -1.48. The lowest BCUT2D eigenvalue weighted by molar-refractivity contribution is 0.0694. The Balaban J connectivity index is 1.61. The SMILES string of the molecule is O=C(O)c1cn2c3c(c(N4C[C@H](CNC5CC5)[C@H](F)C4)c(F)cc3c1=O)OCC2CF. The average Bonchev–Trinajstić information content (AvgIpc) is 3.50. The fraction of sp³-hybridized carbons (Fsp3) is 0.524. The van der Waals surface area contributed by atoms with E-state index in [1.165, 1.54) is 4.57 Å². The summed E-state index contributed by atoms with van der Waals surface area (Å²) in [7, 11) is 0. The molecule has 1 unspecified atom stereocenters. The molecule has 1 saturated carbocycles. The van der Waals surface area contributed by atoms with Crippen molar-refractivity contribution in [1.82, 2.24) is 9.88 Å². The summed E-state index contributed by atoms with van der Waals surface area (Å²) >= 11 is 0. The number of aromatic carboxylic acids is 1. The number of carboxylic acid groups (broad SMARTS) is 1. The zero-order valence-electron chi connectivity index (χ0n) is 16.6. The quantitative estimate of drug-likeness (QED) is 0.722. The monoisotopic (exact) mass is 437 g/mol. The number of rotatable bonds is 6. The van der Waals surface area contributed by atoms with Gasteiger partial charge < -0.3 is 24.6 Å². The van der Waals surface area contributed by atoms with E-state index in [0.29, 0.717) is 12.6 Å². The predicted octanol–water partition coefficient (Wildman–Crippen LogP) is 2.27. The number of halogens is 3. The molecule has 1 aromatic carbocycles. The van der Waals surface area contributed by atoms with Gasteiger partial charge in [-0.3, -0.25) is 4.79 Å². The predicted molar refractivity (Wildman–Crippen MR) is 107 cm³/mol. The lowest BCUT2D eigenvalue weighted by atomic mass is 10.1. The number of nitrogens with zero attached hydrogens (tertiary/aromatic N) is 2. The van der Waals surface area contributed by atoms with Gasteiger partial charge in [-0.1, -0.05) is 0 Å². The molecule has 0 radical (unpaired) electrons. The normalized spacial score (nSPS) is 25.1. The number of nitrogens with one attached hydrogen (secondary N) is 1. The van der Waals surface area contributed by atoms with Gasteiger partial charge in [0.2, 0.25) is 5.43 Å². The first-order valence-electron chi connectivity index (χ1n) is 10.3. The molecule has 0 amide bonds. The molecule has 2 aliphatic heterocycles. The Morgan fingerprint density at radius 3 is 2.77 bits per heavy atom. The Kier molecular flexibility index (Phi) is 4.84. The fourth-order valence-corrected chi connectivity index (χ4v) is 4.51. The summed E-state index contributed by atoms with van der Waals surface area (Å²) in [5, 5.41) is 12.5. The molecule has 166 valence electrons. The van der Waals surface area contributed by atoms with Crippen molar-refractivity contribution in [3.8, 4) is 5.75 Å². The van der Waals surface area contributed by atoms with Gasteiger partial charge in [0.25, 0.3) is 0 Å². The second kappa shape index (κ2) is 7.44. The van der Waals surface area contributed by atoms with Gasteiger partial charge >= 0.3 is 5.97 Å². The summed E-state index contributed by atoms with van der Waals surface area (Å²) in [4.78, 5) is 25.7.